The van der Waals surface area contributed by atoms with Crippen LogP contribution in [0.5, 0.6) is 5.75 Å². The minimum Gasteiger partial charge on any atom is -0.496 e. The van der Waals surface area contributed by atoms with E-state index in [1.54, 1.807) is 17.0 Å². The highest BCUT2D eigenvalue weighted by Gasteiger charge is 2.38. The lowest BCUT2D eigenvalue weighted by molar-refractivity contribution is -0.146. The van der Waals surface area contributed by atoms with E-state index in [0.717, 1.165) is 5.56 Å². The van der Waals surface area contributed by atoms with Crippen molar-refractivity contribution in [1.82, 2.24) is 30.4 Å². The molecule has 1 aliphatic rings. The molecule has 12 heteroatoms. The molecule has 0 saturated carbocycles. The molecule has 1 aliphatic heterocycles. The monoisotopic (exact) mass is 504 g/mol. The maximum atomic E-state index is 13.3. The van der Waals surface area contributed by atoms with Crippen molar-refractivity contribution in [3.05, 3.63) is 65.5 Å². The maximum Gasteiger partial charge on any atom is 0.453 e. The predicted molar refractivity (Wildman–Crippen MR) is 124 cm³/mol. The number of halogens is 3. The zero-order valence-electron chi connectivity index (χ0n) is 19.9. The summed E-state index contributed by atoms with van der Waals surface area (Å²) in [5.74, 6) is -0.722. The van der Waals surface area contributed by atoms with E-state index in [1.165, 1.54) is 20.3 Å². The van der Waals surface area contributed by atoms with Gasteiger partial charge in [-0.2, -0.15) is 17.9 Å². The first-order valence-corrected chi connectivity index (χ1v) is 11.4. The number of carbonyl (C=O) groups excluding carboxylic acids is 1. The molecule has 1 aromatic heterocycles. The van der Waals surface area contributed by atoms with Gasteiger partial charge >= 0.3 is 6.18 Å². The zero-order valence-corrected chi connectivity index (χ0v) is 19.9. The Morgan fingerprint density at radius 2 is 1.94 bits per heavy atom. The molecule has 36 heavy (non-hydrogen) atoms. The topological polar surface area (TPSA) is 94.4 Å². The van der Waals surface area contributed by atoms with Gasteiger partial charge in [-0.3, -0.25) is 4.79 Å². The van der Waals surface area contributed by atoms with E-state index < -0.39 is 12.0 Å². The van der Waals surface area contributed by atoms with Crippen LogP contribution in [0, 0.1) is 0 Å². The Morgan fingerprint density at radius 1 is 1.17 bits per heavy atom. The molecule has 9 nitrogen and oxygen atoms in total. The fourth-order valence-electron chi connectivity index (χ4n) is 4.49. The molecule has 1 N–H and O–H groups in total. The normalized spacial score (nSPS) is 18.3. The summed E-state index contributed by atoms with van der Waals surface area (Å²) in [6.07, 6.45) is -4.00. The molecule has 0 radical (unpaired) electrons. The van der Waals surface area contributed by atoms with Crippen LogP contribution in [0.3, 0.4) is 0 Å². The molecule has 4 rings (SSSR count). The van der Waals surface area contributed by atoms with E-state index in [0.29, 0.717) is 42.0 Å². The van der Waals surface area contributed by atoms with Crippen molar-refractivity contribution in [3.63, 3.8) is 0 Å². The minimum absolute atomic E-state index is 0.0196. The lowest BCUT2D eigenvalue weighted by Crippen LogP contribution is -2.50. The standard InChI is InChI=1S/C24H27F3N6O3/c1-35-15-22(34)32-11-10-20(19(14-32)16-6-4-3-5-7-16)28-13-17-12-18(8-9-21(17)36-2)33-23(24(25,26)27)29-30-31-33/h3-9,12,19-20,28H,10-11,13-15H2,1-2H3. The first kappa shape index (κ1) is 25.6. The quantitative estimate of drug-likeness (QED) is 0.504. The van der Waals surface area contributed by atoms with Gasteiger partial charge in [0.05, 0.1) is 12.8 Å². The molecule has 3 aromatic rings. The van der Waals surface area contributed by atoms with Gasteiger partial charge in [0.1, 0.15) is 12.4 Å². The number of tetrazole rings is 1. The van der Waals surface area contributed by atoms with Gasteiger partial charge in [-0.1, -0.05) is 30.3 Å². The van der Waals surface area contributed by atoms with Crippen molar-refractivity contribution in [3.8, 4) is 11.4 Å². The highest BCUT2D eigenvalue weighted by atomic mass is 19.4. The van der Waals surface area contributed by atoms with Gasteiger partial charge in [0, 0.05) is 44.3 Å². The highest BCUT2D eigenvalue weighted by Crippen LogP contribution is 2.31. The van der Waals surface area contributed by atoms with Crippen molar-refractivity contribution >= 4 is 5.91 Å². The third-order valence-electron chi connectivity index (χ3n) is 6.25. The number of nitrogens with zero attached hydrogens (tertiary/aromatic N) is 5. The molecule has 0 aliphatic carbocycles. The summed E-state index contributed by atoms with van der Waals surface area (Å²) in [6, 6.07) is 14.6. The second kappa shape index (κ2) is 11.0. The fraction of sp³-hybridized carbons (Fsp3) is 0.417. The third-order valence-corrected chi connectivity index (χ3v) is 6.25. The summed E-state index contributed by atoms with van der Waals surface area (Å²) in [6.45, 7) is 1.46. The first-order valence-electron chi connectivity index (χ1n) is 11.4. The summed E-state index contributed by atoms with van der Waals surface area (Å²) in [4.78, 5) is 14.3. The number of alkyl halides is 3. The molecule has 2 heterocycles. The molecule has 1 saturated heterocycles. The lowest BCUT2D eigenvalue weighted by atomic mass is 9.85. The van der Waals surface area contributed by atoms with Crippen LogP contribution in [0.4, 0.5) is 13.2 Å². The van der Waals surface area contributed by atoms with Crippen LogP contribution in [-0.4, -0.2) is 71.0 Å². The molecule has 0 spiro atoms. The van der Waals surface area contributed by atoms with Crippen molar-refractivity contribution in [1.29, 1.82) is 0 Å². The Hall–Kier alpha value is -3.51. The second-order valence-corrected chi connectivity index (χ2v) is 8.47. The third kappa shape index (κ3) is 5.65. The van der Waals surface area contributed by atoms with Gasteiger partial charge in [-0.15, -0.1) is 5.10 Å². The summed E-state index contributed by atoms with van der Waals surface area (Å²) in [5.41, 5.74) is 1.92. The number of likely N-dealkylation sites (tertiary alicyclic amines) is 1. The zero-order chi connectivity index (χ0) is 25.7. The van der Waals surface area contributed by atoms with Crippen molar-refractivity contribution in [2.45, 2.75) is 31.1 Å². The van der Waals surface area contributed by atoms with Crippen LogP contribution in [0.25, 0.3) is 5.69 Å². The highest BCUT2D eigenvalue weighted by molar-refractivity contribution is 5.77. The van der Waals surface area contributed by atoms with Crippen molar-refractivity contribution in [2.75, 3.05) is 33.9 Å². The second-order valence-electron chi connectivity index (χ2n) is 8.47. The van der Waals surface area contributed by atoms with Crippen LogP contribution < -0.4 is 10.1 Å². The molecule has 1 amide bonds. The number of hydrogen-bond acceptors (Lipinski definition) is 7. The summed E-state index contributed by atoms with van der Waals surface area (Å²) >= 11 is 0. The predicted octanol–water partition coefficient (Wildman–Crippen LogP) is 2.81. The number of methoxy groups -OCH3 is 2. The van der Waals surface area contributed by atoms with Crippen LogP contribution >= 0.6 is 0 Å². The Kier molecular flexibility index (Phi) is 7.85. The summed E-state index contributed by atoms with van der Waals surface area (Å²) in [5, 5.41) is 13.4. The lowest BCUT2D eigenvalue weighted by Gasteiger charge is -2.39. The molecule has 1 fully saturated rings. The number of carbonyl (C=O) groups is 1. The van der Waals surface area contributed by atoms with E-state index in [9.17, 15) is 18.0 Å². The van der Waals surface area contributed by atoms with Gasteiger partial charge in [-0.25, -0.2) is 0 Å². The number of nitrogens with one attached hydrogen (secondary N) is 1. The molecule has 2 unspecified atom stereocenters. The van der Waals surface area contributed by atoms with E-state index in [-0.39, 0.29) is 30.2 Å². The summed E-state index contributed by atoms with van der Waals surface area (Å²) < 4.78 is 51.1. The molecular formula is C24H27F3N6O3. The number of ether oxygens (including phenoxy) is 2. The maximum absolute atomic E-state index is 13.3. The number of aromatic nitrogens is 4. The van der Waals surface area contributed by atoms with Gasteiger partial charge < -0.3 is 19.7 Å². The average Bonchev–Trinajstić information content (AvgIpc) is 3.39. The Balaban J connectivity index is 1.56. The largest absolute Gasteiger partial charge is 0.496 e. The van der Waals surface area contributed by atoms with Gasteiger partial charge in [-0.05, 0) is 40.6 Å². The van der Waals surface area contributed by atoms with Crippen molar-refractivity contribution in [2.24, 2.45) is 0 Å². The van der Waals surface area contributed by atoms with E-state index in [2.05, 4.69) is 20.8 Å². The first-order chi connectivity index (χ1) is 17.3. The van der Waals surface area contributed by atoms with Crippen LogP contribution in [-0.2, 0) is 22.3 Å². The number of piperidine rings is 1. The Morgan fingerprint density at radius 3 is 2.64 bits per heavy atom. The fourth-order valence-corrected chi connectivity index (χ4v) is 4.49. The Labute approximate surface area is 206 Å². The number of rotatable bonds is 8. The summed E-state index contributed by atoms with van der Waals surface area (Å²) in [7, 11) is 3.00. The van der Waals surface area contributed by atoms with Gasteiger partial charge in [0.2, 0.25) is 5.91 Å². The average molecular weight is 505 g/mol. The molecule has 2 atom stereocenters. The molecule has 192 valence electrons. The number of amides is 1. The van der Waals surface area contributed by atoms with Gasteiger partial charge in [0.25, 0.3) is 5.82 Å². The van der Waals surface area contributed by atoms with Gasteiger partial charge in [0.15, 0.2) is 0 Å². The van der Waals surface area contributed by atoms with E-state index in [4.69, 9.17) is 9.47 Å². The van der Waals surface area contributed by atoms with Crippen molar-refractivity contribution < 1.29 is 27.4 Å². The Bertz CT molecular complexity index is 1170. The van der Waals surface area contributed by atoms with Crippen LogP contribution in [0.15, 0.2) is 48.5 Å². The van der Waals surface area contributed by atoms with E-state index in [1.807, 2.05) is 30.3 Å². The number of hydrogen-bond donors (Lipinski definition) is 1. The van der Waals surface area contributed by atoms with Crippen LogP contribution in [0.2, 0.25) is 0 Å². The number of benzene rings is 2. The minimum atomic E-state index is -4.70. The van der Waals surface area contributed by atoms with E-state index >= 15 is 0 Å². The molecule has 0 bridgehead atoms. The molecule has 2 aromatic carbocycles. The van der Waals surface area contributed by atoms with Crippen LogP contribution in [0.1, 0.15) is 29.3 Å². The smallest absolute Gasteiger partial charge is 0.453 e. The molecular weight excluding hydrogens is 477 g/mol. The SMILES string of the molecule is COCC(=O)N1CCC(NCc2cc(-n3nnnc3C(F)(F)F)ccc2OC)C(c2ccccc2)C1.